The Morgan fingerprint density at radius 3 is 2.30 bits per heavy atom. The number of carbonyl (C=O) groups excluding carboxylic acids is 1. The fourth-order valence-corrected chi connectivity index (χ4v) is 4.65. The maximum absolute atomic E-state index is 12.0. The summed E-state index contributed by atoms with van der Waals surface area (Å²) in [7, 11) is -2.93. The normalized spacial score (nSPS) is 17.7. The van der Waals surface area contributed by atoms with Crippen molar-refractivity contribution in [3.63, 3.8) is 0 Å². The number of nitrogens with zero attached hydrogens (tertiary/aromatic N) is 1. The molecule has 1 heterocycles. The molecule has 128 valence electrons. The molecule has 23 heavy (non-hydrogen) atoms. The van der Waals surface area contributed by atoms with Crippen LogP contribution in [0, 0.1) is 13.8 Å². The van der Waals surface area contributed by atoms with Crippen LogP contribution in [-0.4, -0.2) is 45.1 Å². The average molecular weight is 339 g/mol. The molecule has 0 unspecified atom stereocenters. The second-order valence-electron chi connectivity index (χ2n) is 6.06. The van der Waals surface area contributed by atoms with Gasteiger partial charge in [0.05, 0.1) is 18.1 Å². The van der Waals surface area contributed by atoms with Gasteiger partial charge in [-0.1, -0.05) is 18.2 Å². The van der Waals surface area contributed by atoms with E-state index in [1.54, 1.807) is 6.92 Å². The molecule has 0 spiro atoms. The zero-order valence-electron chi connectivity index (χ0n) is 14.0. The predicted molar refractivity (Wildman–Crippen MR) is 91.6 cm³/mol. The number of esters is 1. The molecule has 1 saturated heterocycles. The average Bonchev–Trinajstić information content (AvgIpc) is 2.46. The Kier molecular flexibility index (Phi) is 5.68. The molecule has 0 amide bonds. The Labute approximate surface area is 138 Å². The van der Waals surface area contributed by atoms with E-state index in [-0.39, 0.29) is 30.1 Å². The lowest BCUT2D eigenvalue weighted by Crippen LogP contribution is -2.45. The summed E-state index contributed by atoms with van der Waals surface area (Å²) in [5.41, 5.74) is 3.19. The van der Waals surface area contributed by atoms with Crippen LogP contribution in [0.2, 0.25) is 0 Å². The van der Waals surface area contributed by atoms with Crippen LogP contribution in [0.3, 0.4) is 0 Å². The van der Waals surface area contributed by atoms with Crippen LogP contribution < -0.4 is 4.90 Å². The Hall–Kier alpha value is -1.56. The quantitative estimate of drug-likeness (QED) is 0.770. The summed E-state index contributed by atoms with van der Waals surface area (Å²) in [6.07, 6.45) is 1.10. The number of carbonyl (C=O) groups is 1. The summed E-state index contributed by atoms with van der Waals surface area (Å²) in [6, 6.07) is 6.06. The minimum atomic E-state index is -2.93. The van der Waals surface area contributed by atoms with Gasteiger partial charge in [-0.15, -0.1) is 0 Å². The fourth-order valence-electron chi connectivity index (χ4n) is 3.18. The first-order valence-corrected chi connectivity index (χ1v) is 9.85. The zero-order valence-corrected chi connectivity index (χ0v) is 14.9. The molecule has 0 aliphatic carbocycles. The third-order valence-electron chi connectivity index (χ3n) is 4.30. The molecular formula is C17H25NO4S. The molecular weight excluding hydrogens is 314 g/mol. The second kappa shape index (κ2) is 7.34. The van der Waals surface area contributed by atoms with Crippen LogP contribution in [0.4, 0.5) is 5.69 Å². The highest BCUT2D eigenvalue weighted by atomic mass is 32.2. The van der Waals surface area contributed by atoms with Crippen molar-refractivity contribution in [2.24, 2.45) is 0 Å². The highest BCUT2D eigenvalue weighted by Gasteiger charge is 2.30. The van der Waals surface area contributed by atoms with Gasteiger partial charge in [-0.05, 0) is 44.7 Å². The summed E-state index contributed by atoms with van der Waals surface area (Å²) >= 11 is 0. The van der Waals surface area contributed by atoms with E-state index in [0.29, 0.717) is 19.4 Å². The Morgan fingerprint density at radius 2 is 1.78 bits per heavy atom. The first kappa shape index (κ1) is 17.8. The largest absolute Gasteiger partial charge is 0.465 e. The predicted octanol–water partition coefficient (Wildman–Crippen LogP) is 2.25. The summed E-state index contributed by atoms with van der Waals surface area (Å²) in [5.74, 6) is 0.0905. The smallest absolute Gasteiger partial charge is 0.325 e. The van der Waals surface area contributed by atoms with E-state index in [0.717, 1.165) is 16.8 Å². The Balaban J connectivity index is 2.30. The molecule has 2 rings (SSSR count). The van der Waals surface area contributed by atoms with Gasteiger partial charge >= 0.3 is 5.97 Å². The van der Waals surface area contributed by atoms with Crippen molar-refractivity contribution in [3.8, 4) is 0 Å². The molecule has 0 atom stereocenters. The topological polar surface area (TPSA) is 63.7 Å². The van der Waals surface area contributed by atoms with E-state index in [9.17, 15) is 13.2 Å². The first-order chi connectivity index (χ1) is 10.8. The maximum Gasteiger partial charge on any atom is 0.325 e. The van der Waals surface area contributed by atoms with Crippen LogP contribution in [-0.2, 0) is 19.4 Å². The van der Waals surface area contributed by atoms with Crippen LogP contribution in [0.1, 0.15) is 30.9 Å². The van der Waals surface area contributed by atoms with Crippen molar-refractivity contribution in [2.75, 3.05) is 29.6 Å². The number of rotatable bonds is 5. The van der Waals surface area contributed by atoms with Crippen molar-refractivity contribution in [3.05, 3.63) is 29.3 Å². The minimum Gasteiger partial charge on any atom is -0.465 e. The molecule has 1 aliphatic heterocycles. The Bertz CT molecular complexity index is 635. The zero-order chi connectivity index (χ0) is 17.0. The van der Waals surface area contributed by atoms with Crippen LogP contribution in [0.15, 0.2) is 18.2 Å². The standard InChI is InChI=1S/C17H25NO4S/c1-4-22-16(19)12-18(15-8-10-23(20,21)11-9-15)17-13(2)6-5-7-14(17)3/h5-7,15H,4,8-12H2,1-3H3. The van der Waals surface area contributed by atoms with Gasteiger partial charge in [-0.2, -0.15) is 0 Å². The summed E-state index contributed by atoms with van der Waals surface area (Å²) < 4.78 is 28.5. The lowest BCUT2D eigenvalue weighted by atomic mass is 10.0. The molecule has 0 radical (unpaired) electrons. The Morgan fingerprint density at radius 1 is 1.22 bits per heavy atom. The van der Waals surface area contributed by atoms with Gasteiger partial charge in [0, 0.05) is 11.7 Å². The van der Waals surface area contributed by atoms with E-state index in [4.69, 9.17) is 4.74 Å². The first-order valence-electron chi connectivity index (χ1n) is 8.03. The second-order valence-corrected chi connectivity index (χ2v) is 8.36. The van der Waals surface area contributed by atoms with Gasteiger partial charge in [0.2, 0.25) is 0 Å². The van der Waals surface area contributed by atoms with E-state index >= 15 is 0 Å². The highest BCUT2D eigenvalue weighted by molar-refractivity contribution is 7.91. The monoisotopic (exact) mass is 339 g/mol. The van der Waals surface area contributed by atoms with Gasteiger partial charge in [-0.25, -0.2) is 8.42 Å². The summed E-state index contributed by atoms with van der Waals surface area (Å²) in [5, 5.41) is 0. The van der Waals surface area contributed by atoms with Crippen molar-refractivity contribution >= 4 is 21.5 Å². The molecule has 0 N–H and O–H groups in total. The van der Waals surface area contributed by atoms with Crippen LogP contribution in [0.5, 0.6) is 0 Å². The number of hydrogen-bond acceptors (Lipinski definition) is 5. The number of sulfone groups is 1. The number of anilines is 1. The molecule has 1 aliphatic rings. The van der Waals surface area contributed by atoms with Gasteiger partial charge < -0.3 is 9.64 Å². The van der Waals surface area contributed by atoms with Crippen LogP contribution in [0.25, 0.3) is 0 Å². The third-order valence-corrected chi connectivity index (χ3v) is 6.01. The molecule has 1 fully saturated rings. The summed E-state index contributed by atoms with van der Waals surface area (Å²) in [6.45, 7) is 6.32. The number of ether oxygens (including phenoxy) is 1. The number of aryl methyl sites for hydroxylation is 2. The molecule has 1 aromatic carbocycles. The SMILES string of the molecule is CCOC(=O)CN(c1c(C)cccc1C)C1CCS(=O)(=O)CC1. The van der Waals surface area contributed by atoms with Crippen LogP contribution >= 0.6 is 0 Å². The van der Waals surface area contributed by atoms with Gasteiger partial charge in [0.25, 0.3) is 0 Å². The van der Waals surface area contributed by atoms with Crippen molar-refractivity contribution in [2.45, 2.75) is 39.7 Å². The molecule has 6 heteroatoms. The lowest BCUT2D eigenvalue weighted by Gasteiger charge is -2.37. The van der Waals surface area contributed by atoms with Gasteiger partial charge in [0.15, 0.2) is 0 Å². The number of benzene rings is 1. The lowest BCUT2D eigenvalue weighted by molar-refractivity contribution is -0.141. The highest BCUT2D eigenvalue weighted by Crippen LogP contribution is 2.30. The fraction of sp³-hybridized carbons (Fsp3) is 0.588. The van der Waals surface area contributed by atoms with E-state index in [1.807, 2.05) is 36.9 Å². The molecule has 0 aromatic heterocycles. The van der Waals surface area contributed by atoms with E-state index in [1.165, 1.54) is 0 Å². The number of hydrogen-bond donors (Lipinski definition) is 0. The van der Waals surface area contributed by atoms with Crippen molar-refractivity contribution in [1.29, 1.82) is 0 Å². The number of para-hydroxylation sites is 1. The minimum absolute atomic E-state index is 0.0442. The third kappa shape index (κ3) is 4.47. The molecule has 5 nitrogen and oxygen atoms in total. The van der Waals surface area contributed by atoms with E-state index < -0.39 is 9.84 Å². The maximum atomic E-state index is 12.0. The molecule has 0 saturated carbocycles. The van der Waals surface area contributed by atoms with Crippen molar-refractivity contribution in [1.82, 2.24) is 0 Å². The van der Waals surface area contributed by atoms with Crippen molar-refractivity contribution < 1.29 is 17.9 Å². The molecule has 0 bridgehead atoms. The molecule has 1 aromatic rings. The van der Waals surface area contributed by atoms with Gasteiger partial charge in [0.1, 0.15) is 16.4 Å². The van der Waals surface area contributed by atoms with E-state index in [2.05, 4.69) is 0 Å². The summed E-state index contributed by atoms with van der Waals surface area (Å²) in [4.78, 5) is 14.1. The van der Waals surface area contributed by atoms with Gasteiger partial charge in [-0.3, -0.25) is 4.79 Å².